The van der Waals surface area contributed by atoms with Crippen LogP contribution in [0.3, 0.4) is 0 Å². The Labute approximate surface area is 111 Å². The molecule has 2 aromatic carbocycles. The summed E-state index contributed by atoms with van der Waals surface area (Å²) in [6.07, 6.45) is 0. The third kappa shape index (κ3) is 2.66. The molecule has 0 aliphatic rings. The second-order valence-corrected chi connectivity index (χ2v) is 5.91. The maximum atomic E-state index is 12.2. The van der Waals surface area contributed by atoms with Gasteiger partial charge < -0.3 is 0 Å². The van der Waals surface area contributed by atoms with Crippen LogP contribution in [0.2, 0.25) is 5.02 Å². The zero-order chi connectivity index (χ0) is 13.2. The van der Waals surface area contributed by atoms with E-state index in [0.29, 0.717) is 5.69 Å². The molecule has 0 saturated heterocycles. The van der Waals surface area contributed by atoms with Crippen LogP contribution in [-0.4, -0.2) is 8.42 Å². The first kappa shape index (κ1) is 12.9. The Balaban J connectivity index is 2.40. The normalized spacial score (nSPS) is 11.2. The summed E-state index contributed by atoms with van der Waals surface area (Å²) < 4.78 is 26.9. The number of para-hydroxylation sites is 1. The van der Waals surface area contributed by atoms with Gasteiger partial charge in [0, 0.05) is 0 Å². The number of aryl methyl sites for hydroxylation is 1. The Morgan fingerprint density at radius 2 is 1.61 bits per heavy atom. The fourth-order valence-electron chi connectivity index (χ4n) is 1.55. The summed E-state index contributed by atoms with van der Waals surface area (Å²) >= 11 is 5.90. The van der Waals surface area contributed by atoms with Gasteiger partial charge in [-0.25, -0.2) is 8.42 Å². The average molecular weight is 282 g/mol. The average Bonchev–Trinajstić information content (AvgIpc) is 2.32. The van der Waals surface area contributed by atoms with E-state index in [1.807, 2.05) is 19.1 Å². The fourth-order valence-corrected chi connectivity index (χ4v) is 3.20. The number of halogens is 1. The Kier molecular flexibility index (Phi) is 3.59. The summed E-state index contributed by atoms with van der Waals surface area (Å²) in [7, 11) is -3.65. The van der Waals surface area contributed by atoms with Crippen LogP contribution in [0.1, 0.15) is 5.56 Å². The molecule has 1 N–H and O–H groups in total. The van der Waals surface area contributed by atoms with Crippen molar-refractivity contribution in [1.29, 1.82) is 0 Å². The molecule has 0 bridgehead atoms. The van der Waals surface area contributed by atoms with Crippen LogP contribution in [0.4, 0.5) is 5.69 Å². The number of rotatable bonds is 3. The van der Waals surface area contributed by atoms with Crippen molar-refractivity contribution in [3.63, 3.8) is 0 Å². The molecule has 0 aliphatic heterocycles. The third-order valence-electron chi connectivity index (χ3n) is 2.52. The van der Waals surface area contributed by atoms with Gasteiger partial charge in [0.25, 0.3) is 10.0 Å². The van der Waals surface area contributed by atoms with E-state index in [-0.39, 0.29) is 9.92 Å². The maximum absolute atomic E-state index is 12.2. The van der Waals surface area contributed by atoms with Gasteiger partial charge in [-0.15, -0.1) is 0 Å². The maximum Gasteiger partial charge on any atom is 0.263 e. The highest BCUT2D eigenvalue weighted by molar-refractivity contribution is 7.92. The van der Waals surface area contributed by atoms with E-state index >= 15 is 0 Å². The van der Waals surface area contributed by atoms with Crippen molar-refractivity contribution in [3.8, 4) is 0 Å². The van der Waals surface area contributed by atoms with Crippen LogP contribution >= 0.6 is 11.6 Å². The van der Waals surface area contributed by atoms with Crippen molar-refractivity contribution < 1.29 is 8.42 Å². The number of hydrogen-bond acceptors (Lipinski definition) is 2. The zero-order valence-corrected chi connectivity index (χ0v) is 11.3. The van der Waals surface area contributed by atoms with Crippen molar-refractivity contribution in [1.82, 2.24) is 0 Å². The molecule has 0 heterocycles. The molecule has 0 saturated carbocycles. The van der Waals surface area contributed by atoms with Gasteiger partial charge >= 0.3 is 0 Å². The van der Waals surface area contributed by atoms with Crippen molar-refractivity contribution in [3.05, 3.63) is 59.1 Å². The Bertz CT molecular complexity index is 668. The summed E-state index contributed by atoms with van der Waals surface area (Å²) in [6.45, 7) is 1.84. The molecular weight excluding hydrogens is 270 g/mol. The van der Waals surface area contributed by atoms with Crippen LogP contribution in [0.5, 0.6) is 0 Å². The summed E-state index contributed by atoms with van der Waals surface area (Å²) in [5, 5.41) is 0.207. The quantitative estimate of drug-likeness (QED) is 0.937. The van der Waals surface area contributed by atoms with Crippen LogP contribution in [0.15, 0.2) is 53.4 Å². The molecular formula is C13H12ClNO2S. The molecule has 0 aromatic heterocycles. The molecule has 0 radical (unpaired) electrons. The van der Waals surface area contributed by atoms with Crippen molar-refractivity contribution in [2.45, 2.75) is 11.8 Å². The minimum absolute atomic E-state index is 0.0786. The van der Waals surface area contributed by atoms with Crippen LogP contribution < -0.4 is 4.72 Å². The Morgan fingerprint density at radius 3 is 2.28 bits per heavy atom. The van der Waals surface area contributed by atoms with E-state index in [0.717, 1.165) is 5.56 Å². The highest BCUT2D eigenvalue weighted by atomic mass is 35.5. The first-order chi connectivity index (χ1) is 8.50. The molecule has 0 amide bonds. The molecule has 3 nitrogen and oxygen atoms in total. The highest BCUT2D eigenvalue weighted by Crippen LogP contribution is 2.24. The SMILES string of the molecule is Cc1ccccc1NS(=O)(=O)c1ccccc1Cl. The van der Waals surface area contributed by atoms with Crippen LogP contribution in [0, 0.1) is 6.92 Å². The molecule has 5 heteroatoms. The monoisotopic (exact) mass is 281 g/mol. The summed E-state index contributed by atoms with van der Waals surface area (Å²) in [4.78, 5) is 0.0786. The number of hydrogen-bond donors (Lipinski definition) is 1. The largest absolute Gasteiger partial charge is 0.279 e. The first-order valence-corrected chi connectivity index (χ1v) is 7.20. The van der Waals surface area contributed by atoms with E-state index < -0.39 is 10.0 Å². The predicted octanol–water partition coefficient (Wildman–Crippen LogP) is 3.45. The van der Waals surface area contributed by atoms with Gasteiger partial charge in [0.2, 0.25) is 0 Å². The van der Waals surface area contributed by atoms with Gasteiger partial charge in [0.15, 0.2) is 0 Å². The first-order valence-electron chi connectivity index (χ1n) is 5.34. The Morgan fingerprint density at radius 1 is 1.00 bits per heavy atom. The lowest BCUT2D eigenvalue weighted by Crippen LogP contribution is -2.14. The Hall–Kier alpha value is -1.52. The van der Waals surface area contributed by atoms with Gasteiger partial charge in [-0.1, -0.05) is 41.9 Å². The van der Waals surface area contributed by atoms with Gasteiger partial charge in [-0.05, 0) is 30.7 Å². The van der Waals surface area contributed by atoms with Crippen molar-refractivity contribution in [2.24, 2.45) is 0 Å². The molecule has 0 unspecified atom stereocenters. The molecule has 0 spiro atoms. The van der Waals surface area contributed by atoms with E-state index in [2.05, 4.69) is 4.72 Å². The molecule has 0 aliphatic carbocycles. The number of benzene rings is 2. The molecule has 0 fully saturated rings. The lowest BCUT2D eigenvalue weighted by molar-refractivity contribution is 0.601. The van der Waals surface area contributed by atoms with E-state index in [1.54, 1.807) is 30.3 Å². The smallest absolute Gasteiger partial charge is 0.263 e. The zero-order valence-electron chi connectivity index (χ0n) is 9.72. The van der Waals surface area contributed by atoms with Gasteiger partial charge in [-0.3, -0.25) is 4.72 Å². The molecule has 18 heavy (non-hydrogen) atoms. The lowest BCUT2D eigenvalue weighted by atomic mass is 10.2. The predicted molar refractivity (Wildman–Crippen MR) is 73.4 cm³/mol. The van der Waals surface area contributed by atoms with Crippen LogP contribution in [-0.2, 0) is 10.0 Å². The lowest BCUT2D eigenvalue weighted by Gasteiger charge is -2.11. The van der Waals surface area contributed by atoms with E-state index in [1.165, 1.54) is 6.07 Å². The van der Waals surface area contributed by atoms with Gasteiger partial charge in [0.05, 0.1) is 10.7 Å². The molecule has 94 valence electrons. The van der Waals surface area contributed by atoms with Gasteiger partial charge in [-0.2, -0.15) is 0 Å². The summed E-state index contributed by atoms with van der Waals surface area (Å²) in [5.74, 6) is 0. The summed E-state index contributed by atoms with van der Waals surface area (Å²) in [5.41, 5.74) is 1.41. The minimum Gasteiger partial charge on any atom is -0.279 e. The second kappa shape index (κ2) is 5.00. The summed E-state index contributed by atoms with van der Waals surface area (Å²) in [6, 6.07) is 13.5. The van der Waals surface area contributed by atoms with Crippen molar-refractivity contribution in [2.75, 3.05) is 4.72 Å². The minimum atomic E-state index is -3.65. The fraction of sp³-hybridized carbons (Fsp3) is 0.0769. The topological polar surface area (TPSA) is 46.2 Å². The molecule has 0 atom stereocenters. The number of anilines is 1. The number of sulfonamides is 1. The van der Waals surface area contributed by atoms with Gasteiger partial charge in [0.1, 0.15) is 4.90 Å². The molecule has 2 aromatic rings. The highest BCUT2D eigenvalue weighted by Gasteiger charge is 2.17. The van der Waals surface area contributed by atoms with Crippen LogP contribution in [0.25, 0.3) is 0 Å². The molecule has 2 rings (SSSR count). The van der Waals surface area contributed by atoms with E-state index in [9.17, 15) is 8.42 Å². The van der Waals surface area contributed by atoms with Crippen molar-refractivity contribution >= 4 is 27.3 Å². The second-order valence-electron chi connectivity index (χ2n) is 3.85. The third-order valence-corrected chi connectivity index (χ3v) is 4.38. The number of nitrogens with one attached hydrogen (secondary N) is 1. The van der Waals surface area contributed by atoms with E-state index in [4.69, 9.17) is 11.6 Å². The standard InChI is InChI=1S/C13H12ClNO2S/c1-10-6-2-4-8-12(10)15-18(16,17)13-9-5-3-7-11(13)14/h2-9,15H,1H3.